The van der Waals surface area contributed by atoms with Crippen LogP contribution in [0.25, 0.3) is 5.70 Å². The summed E-state index contributed by atoms with van der Waals surface area (Å²) >= 11 is 0. The minimum Gasteiger partial charge on any atom is -0.398 e. The van der Waals surface area contributed by atoms with Gasteiger partial charge in [0, 0.05) is 11.9 Å². The molecule has 1 rings (SSSR count). The van der Waals surface area contributed by atoms with Crippen LogP contribution >= 0.6 is 0 Å². The van der Waals surface area contributed by atoms with Gasteiger partial charge in [0.05, 0.1) is 0 Å². The number of aryl methyl sites for hydroxylation is 2. The van der Waals surface area contributed by atoms with Gasteiger partial charge in [0.15, 0.2) is 0 Å². The Labute approximate surface area is 78.6 Å². The van der Waals surface area contributed by atoms with Gasteiger partial charge in [0.1, 0.15) is 0 Å². The first-order valence-electron chi connectivity index (χ1n) is 4.19. The van der Waals surface area contributed by atoms with Crippen LogP contribution in [0.1, 0.15) is 16.7 Å². The van der Waals surface area contributed by atoms with E-state index >= 15 is 0 Å². The Kier molecular flexibility index (Phi) is 2.85. The first kappa shape index (κ1) is 9.52. The molecule has 3 N–H and O–H groups in total. The molecule has 2 heteroatoms. The summed E-state index contributed by atoms with van der Waals surface area (Å²) in [5, 5.41) is 6.90. The highest BCUT2D eigenvalue weighted by Gasteiger charge is 1.97. The number of hydrogen-bond acceptors (Lipinski definition) is 2. The minimum atomic E-state index is 0.637. The third-order valence-electron chi connectivity index (χ3n) is 2.10. The topological polar surface area (TPSA) is 49.9 Å². The third kappa shape index (κ3) is 2.18. The fourth-order valence-corrected chi connectivity index (χ4v) is 1.11. The van der Waals surface area contributed by atoms with Crippen LogP contribution in [0.2, 0.25) is 0 Å². The van der Waals surface area contributed by atoms with Gasteiger partial charge in [-0.1, -0.05) is 12.1 Å². The molecule has 0 aromatic heterocycles. The zero-order valence-electron chi connectivity index (χ0n) is 7.96. The average molecular weight is 174 g/mol. The molecule has 0 aliphatic carbocycles. The van der Waals surface area contributed by atoms with E-state index in [1.165, 1.54) is 17.3 Å². The van der Waals surface area contributed by atoms with Gasteiger partial charge in [0.2, 0.25) is 0 Å². The van der Waals surface area contributed by atoms with E-state index < -0.39 is 0 Å². The molecule has 0 aliphatic heterocycles. The Morgan fingerprint density at radius 2 is 2.00 bits per heavy atom. The molecule has 0 atom stereocenters. The molecular weight excluding hydrogens is 160 g/mol. The van der Waals surface area contributed by atoms with Crippen LogP contribution in [0.5, 0.6) is 0 Å². The van der Waals surface area contributed by atoms with Crippen LogP contribution in [0.15, 0.2) is 24.3 Å². The third-order valence-corrected chi connectivity index (χ3v) is 2.10. The number of benzene rings is 1. The van der Waals surface area contributed by atoms with Crippen LogP contribution < -0.4 is 5.73 Å². The lowest BCUT2D eigenvalue weighted by Gasteiger charge is -2.04. The minimum absolute atomic E-state index is 0.637. The van der Waals surface area contributed by atoms with Gasteiger partial charge < -0.3 is 11.1 Å². The highest BCUT2D eigenvalue weighted by Crippen LogP contribution is 2.13. The zero-order valence-corrected chi connectivity index (χ0v) is 7.96. The standard InChI is InChI=1S/C11H14N2/c1-8-3-4-10(7-9(8)2)11(13)5-6-12/h3-7,12H,13H2,1-2H3. The highest BCUT2D eigenvalue weighted by molar-refractivity contribution is 5.81. The highest BCUT2D eigenvalue weighted by atomic mass is 14.6. The van der Waals surface area contributed by atoms with Crippen LogP contribution in [0, 0.1) is 19.3 Å². The van der Waals surface area contributed by atoms with Gasteiger partial charge in [-0.05, 0) is 42.7 Å². The van der Waals surface area contributed by atoms with Crippen molar-refractivity contribution in [3.8, 4) is 0 Å². The Morgan fingerprint density at radius 1 is 1.31 bits per heavy atom. The second-order valence-electron chi connectivity index (χ2n) is 3.09. The van der Waals surface area contributed by atoms with E-state index in [0.717, 1.165) is 5.56 Å². The molecule has 0 bridgehead atoms. The second kappa shape index (κ2) is 3.90. The van der Waals surface area contributed by atoms with Gasteiger partial charge in [0.25, 0.3) is 0 Å². The second-order valence-corrected chi connectivity index (χ2v) is 3.09. The number of hydrogen-bond donors (Lipinski definition) is 2. The Balaban J connectivity index is 3.10. The van der Waals surface area contributed by atoms with Gasteiger partial charge >= 0.3 is 0 Å². The fourth-order valence-electron chi connectivity index (χ4n) is 1.11. The summed E-state index contributed by atoms with van der Waals surface area (Å²) in [6.45, 7) is 4.12. The van der Waals surface area contributed by atoms with E-state index in [-0.39, 0.29) is 0 Å². The molecule has 0 radical (unpaired) electrons. The summed E-state index contributed by atoms with van der Waals surface area (Å²) in [6.07, 6.45) is 2.79. The van der Waals surface area contributed by atoms with Crippen LogP contribution in [-0.4, -0.2) is 6.21 Å². The van der Waals surface area contributed by atoms with Crippen molar-refractivity contribution < 1.29 is 0 Å². The molecule has 0 fully saturated rings. The van der Waals surface area contributed by atoms with Gasteiger partial charge in [-0.2, -0.15) is 0 Å². The molecule has 1 aromatic rings. The monoisotopic (exact) mass is 174 g/mol. The van der Waals surface area contributed by atoms with E-state index in [4.69, 9.17) is 11.1 Å². The van der Waals surface area contributed by atoms with Gasteiger partial charge in [-0.3, -0.25) is 0 Å². The number of allylic oxidation sites excluding steroid dienone is 1. The number of nitrogens with one attached hydrogen (secondary N) is 1. The maximum absolute atomic E-state index is 6.90. The van der Waals surface area contributed by atoms with Crippen LogP contribution in [0.3, 0.4) is 0 Å². The largest absolute Gasteiger partial charge is 0.398 e. The number of nitrogens with two attached hydrogens (primary N) is 1. The molecule has 1 aromatic carbocycles. The predicted octanol–water partition coefficient (Wildman–Crippen LogP) is 2.25. The quantitative estimate of drug-likeness (QED) is 0.664. The summed E-state index contributed by atoms with van der Waals surface area (Å²) in [7, 11) is 0. The van der Waals surface area contributed by atoms with E-state index in [0.29, 0.717) is 5.70 Å². The maximum Gasteiger partial charge on any atom is 0.0402 e. The Hall–Kier alpha value is -1.57. The van der Waals surface area contributed by atoms with Crippen molar-refractivity contribution in [1.82, 2.24) is 0 Å². The summed E-state index contributed by atoms with van der Waals surface area (Å²) in [6, 6.07) is 6.04. The zero-order chi connectivity index (χ0) is 9.84. The Morgan fingerprint density at radius 3 is 2.54 bits per heavy atom. The van der Waals surface area contributed by atoms with Crippen LogP contribution in [0.4, 0.5) is 0 Å². The normalized spacial score (nSPS) is 11.4. The molecular formula is C11H14N2. The summed E-state index contributed by atoms with van der Waals surface area (Å²) < 4.78 is 0. The lowest BCUT2D eigenvalue weighted by atomic mass is 10.0. The summed E-state index contributed by atoms with van der Waals surface area (Å²) in [5.74, 6) is 0. The summed E-state index contributed by atoms with van der Waals surface area (Å²) in [4.78, 5) is 0. The first-order chi connectivity index (χ1) is 6.15. The van der Waals surface area contributed by atoms with E-state index in [9.17, 15) is 0 Å². The van der Waals surface area contributed by atoms with E-state index in [1.54, 1.807) is 6.08 Å². The van der Waals surface area contributed by atoms with Crippen molar-refractivity contribution in [2.75, 3.05) is 0 Å². The lowest BCUT2D eigenvalue weighted by Crippen LogP contribution is -1.97. The number of rotatable bonds is 2. The fraction of sp³-hybridized carbons (Fsp3) is 0.182. The molecule has 0 unspecified atom stereocenters. The van der Waals surface area contributed by atoms with Crippen molar-refractivity contribution in [1.29, 1.82) is 5.41 Å². The molecule has 2 nitrogen and oxygen atoms in total. The molecule has 68 valence electrons. The van der Waals surface area contributed by atoms with Crippen molar-refractivity contribution >= 4 is 11.9 Å². The molecule has 0 aliphatic rings. The van der Waals surface area contributed by atoms with Crippen molar-refractivity contribution in [2.45, 2.75) is 13.8 Å². The van der Waals surface area contributed by atoms with E-state index in [1.807, 2.05) is 18.2 Å². The average Bonchev–Trinajstić information content (AvgIpc) is 2.10. The summed E-state index contributed by atoms with van der Waals surface area (Å²) in [5.41, 5.74) is 9.83. The molecule has 13 heavy (non-hydrogen) atoms. The smallest absolute Gasteiger partial charge is 0.0402 e. The molecule has 0 spiro atoms. The first-order valence-corrected chi connectivity index (χ1v) is 4.19. The molecule has 0 saturated heterocycles. The molecule has 0 heterocycles. The predicted molar refractivity (Wildman–Crippen MR) is 56.9 cm³/mol. The lowest BCUT2D eigenvalue weighted by molar-refractivity contribution is 1.32. The maximum atomic E-state index is 6.90. The van der Waals surface area contributed by atoms with Gasteiger partial charge in [-0.15, -0.1) is 0 Å². The van der Waals surface area contributed by atoms with Crippen molar-refractivity contribution in [3.05, 3.63) is 41.0 Å². The van der Waals surface area contributed by atoms with Crippen molar-refractivity contribution in [3.63, 3.8) is 0 Å². The Bertz CT molecular complexity index is 351. The van der Waals surface area contributed by atoms with Crippen LogP contribution in [-0.2, 0) is 0 Å². The van der Waals surface area contributed by atoms with Gasteiger partial charge in [-0.25, -0.2) is 0 Å². The van der Waals surface area contributed by atoms with Crippen molar-refractivity contribution in [2.24, 2.45) is 5.73 Å². The molecule has 0 saturated carbocycles. The SMILES string of the molecule is Cc1ccc(C(N)=CC=N)cc1C. The molecule has 0 amide bonds. The van der Waals surface area contributed by atoms with E-state index in [2.05, 4.69) is 13.8 Å².